The van der Waals surface area contributed by atoms with Crippen LogP contribution in [0.15, 0.2) is 91.1 Å². The number of hydrogen-bond acceptors (Lipinski definition) is 3. The number of nitrogens with zero attached hydrogens (tertiary/aromatic N) is 5. The number of aromatic carboxylic acids is 1. The van der Waals surface area contributed by atoms with Crippen LogP contribution < -0.4 is 0 Å². The van der Waals surface area contributed by atoms with Crippen LogP contribution in [0.4, 0.5) is 0 Å². The van der Waals surface area contributed by atoms with Crippen molar-refractivity contribution in [2.45, 2.75) is 26.8 Å². The summed E-state index contributed by atoms with van der Waals surface area (Å²) < 4.78 is 6.42. The van der Waals surface area contributed by atoms with E-state index in [0.717, 1.165) is 67.7 Å². The lowest BCUT2D eigenvalue weighted by Crippen LogP contribution is -2.06. The van der Waals surface area contributed by atoms with E-state index in [1.54, 1.807) is 12.1 Å². The molecule has 7 aromatic rings. The van der Waals surface area contributed by atoms with Crippen LogP contribution in [-0.4, -0.2) is 34.7 Å². The van der Waals surface area contributed by atoms with Crippen molar-refractivity contribution >= 4 is 38.9 Å². The molecule has 202 valence electrons. The summed E-state index contributed by atoms with van der Waals surface area (Å²) in [5, 5.41) is 10.9. The molecule has 41 heavy (non-hydrogen) atoms. The molecule has 7 rings (SSSR count). The van der Waals surface area contributed by atoms with Gasteiger partial charge in [-0.2, -0.15) is 0 Å². The molecule has 0 unspecified atom stereocenters. The first-order valence-electron chi connectivity index (χ1n) is 13.8. The van der Waals surface area contributed by atoms with Gasteiger partial charge >= 0.3 is 5.97 Å². The second-order valence-corrected chi connectivity index (χ2v) is 10.5. The topological polar surface area (TPSA) is 77.9 Å². The van der Waals surface area contributed by atoms with Crippen molar-refractivity contribution in [3.05, 3.63) is 114 Å². The first-order valence-corrected chi connectivity index (χ1v) is 13.8. The van der Waals surface area contributed by atoms with Gasteiger partial charge in [0.25, 0.3) is 0 Å². The molecular weight excluding hydrogens is 510 g/mol. The third kappa shape index (κ3) is 3.92. The van der Waals surface area contributed by atoms with Crippen LogP contribution >= 0.6 is 0 Å². The standard InChI is InChI=1S/C34H29N5O2/c1-4-31-36-32-21(2)18-23(33-35-26-12-6-8-14-29(26)37(33)3)19-30(32)39(31)20-22-10-9-15-27-24(22)16-17-38(27)28-13-7-5-11-25(28)34(40)41/h5-19H,4,20H2,1-3H3,(H,40,41). The van der Waals surface area contributed by atoms with Gasteiger partial charge in [-0.25, -0.2) is 14.8 Å². The van der Waals surface area contributed by atoms with Gasteiger partial charge in [0.15, 0.2) is 0 Å². The van der Waals surface area contributed by atoms with E-state index in [4.69, 9.17) is 9.97 Å². The largest absolute Gasteiger partial charge is 0.478 e. The predicted molar refractivity (Wildman–Crippen MR) is 163 cm³/mol. The average Bonchev–Trinajstić information content (AvgIpc) is 3.67. The zero-order valence-electron chi connectivity index (χ0n) is 23.2. The van der Waals surface area contributed by atoms with Gasteiger partial charge in [-0.1, -0.05) is 43.3 Å². The lowest BCUT2D eigenvalue weighted by molar-refractivity contribution is 0.0697. The molecule has 0 bridgehead atoms. The maximum atomic E-state index is 11.9. The highest BCUT2D eigenvalue weighted by Crippen LogP contribution is 2.32. The Bertz CT molecular complexity index is 2130. The molecule has 0 amide bonds. The Kier molecular flexibility index (Phi) is 5.75. The first kappa shape index (κ1) is 24.8. The normalized spacial score (nSPS) is 11.7. The zero-order chi connectivity index (χ0) is 28.2. The smallest absolute Gasteiger partial charge is 0.337 e. The predicted octanol–water partition coefficient (Wildman–Crippen LogP) is 7.15. The molecule has 0 saturated heterocycles. The lowest BCUT2D eigenvalue weighted by Gasteiger charge is -2.13. The van der Waals surface area contributed by atoms with Gasteiger partial charge in [0, 0.05) is 30.6 Å². The summed E-state index contributed by atoms with van der Waals surface area (Å²) >= 11 is 0. The van der Waals surface area contributed by atoms with Gasteiger partial charge < -0.3 is 18.8 Å². The second kappa shape index (κ2) is 9.48. The van der Waals surface area contributed by atoms with E-state index in [2.05, 4.69) is 60.4 Å². The molecule has 3 aromatic heterocycles. The van der Waals surface area contributed by atoms with Crippen LogP contribution in [0.5, 0.6) is 0 Å². The van der Waals surface area contributed by atoms with Crippen LogP contribution in [0.3, 0.4) is 0 Å². The van der Waals surface area contributed by atoms with Crippen molar-refractivity contribution < 1.29 is 9.90 Å². The molecule has 4 aromatic carbocycles. The number of aromatic nitrogens is 5. The number of imidazole rings is 2. The maximum absolute atomic E-state index is 11.9. The summed E-state index contributed by atoms with van der Waals surface area (Å²) in [5.74, 6) is 1.01. The number of benzene rings is 4. The SMILES string of the molecule is CCc1nc2c(C)cc(-c3nc4ccccc4n3C)cc2n1Cc1cccc2c1ccn2-c1ccccc1C(=O)O. The van der Waals surface area contributed by atoms with Crippen molar-refractivity contribution in [2.24, 2.45) is 7.05 Å². The number of aryl methyl sites for hydroxylation is 3. The third-order valence-electron chi connectivity index (χ3n) is 8.03. The van der Waals surface area contributed by atoms with E-state index >= 15 is 0 Å². The van der Waals surface area contributed by atoms with E-state index in [-0.39, 0.29) is 5.56 Å². The minimum Gasteiger partial charge on any atom is -0.478 e. The second-order valence-electron chi connectivity index (χ2n) is 10.5. The van der Waals surface area contributed by atoms with Crippen LogP contribution in [0.25, 0.3) is 50.0 Å². The van der Waals surface area contributed by atoms with E-state index in [1.165, 1.54) is 0 Å². The van der Waals surface area contributed by atoms with Crippen molar-refractivity contribution in [1.29, 1.82) is 0 Å². The quantitative estimate of drug-likeness (QED) is 0.243. The lowest BCUT2D eigenvalue weighted by atomic mass is 10.1. The van der Waals surface area contributed by atoms with Crippen LogP contribution in [0.2, 0.25) is 0 Å². The van der Waals surface area contributed by atoms with E-state index in [0.29, 0.717) is 12.2 Å². The fourth-order valence-electron chi connectivity index (χ4n) is 6.03. The third-order valence-corrected chi connectivity index (χ3v) is 8.03. The molecule has 0 aliphatic carbocycles. The number of rotatable bonds is 6. The Morgan fingerprint density at radius 2 is 1.66 bits per heavy atom. The molecule has 0 aliphatic rings. The fourth-order valence-corrected chi connectivity index (χ4v) is 6.03. The molecule has 1 N–H and O–H groups in total. The van der Waals surface area contributed by atoms with Crippen molar-refractivity contribution in [1.82, 2.24) is 23.7 Å². The summed E-state index contributed by atoms with van der Waals surface area (Å²) in [6, 6.07) is 28.0. The van der Waals surface area contributed by atoms with Gasteiger partial charge in [0.05, 0.1) is 45.4 Å². The monoisotopic (exact) mass is 539 g/mol. The molecule has 0 aliphatic heterocycles. The van der Waals surface area contributed by atoms with E-state index in [9.17, 15) is 9.90 Å². The van der Waals surface area contributed by atoms with Gasteiger partial charge in [-0.15, -0.1) is 0 Å². The summed E-state index contributed by atoms with van der Waals surface area (Å²) in [6.45, 7) is 4.90. The molecule has 7 heteroatoms. The van der Waals surface area contributed by atoms with Gasteiger partial charge in [-0.05, 0) is 66.6 Å². The van der Waals surface area contributed by atoms with Crippen molar-refractivity contribution in [3.63, 3.8) is 0 Å². The molecule has 0 radical (unpaired) electrons. The van der Waals surface area contributed by atoms with E-state index < -0.39 is 5.97 Å². The van der Waals surface area contributed by atoms with Crippen LogP contribution in [0.1, 0.15) is 34.2 Å². The number of hydrogen-bond donors (Lipinski definition) is 1. The Morgan fingerprint density at radius 1 is 0.878 bits per heavy atom. The summed E-state index contributed by atoms with van der Waals surface area (Å²) in [4.78, 5) is 21.9. The van der Waals surface area contributed by atoms with Crippen LogP contribution in [-0.2, 0) is 20.0 Å². The Labute approximate surface area is 236 Å². The Morgan fingerprint density at radius 3 is 2.46 bits per heavy atom. The summed E-state index contributed by atoms with van der Waals surface area (Å²) in [6.07, 6.45) is 2.76. The average molecular weight is 540 g/mol. The van der Waals surface area contributed by atoms with Crippen molar-refractivity contribution in [2.75, 3.05) is 0 Å². The molecule has 0 atom stereocenters. The molecular formula is C34H29N5O2. The number of carboxylic acid groups (broad SMARTS) is 1. The maximum Gasteiger partial charge on any atom is 0.337 e. The highest BCUT2D eigenvalue weighted by molar-refractivity contribution is 5.94. The number of carbonyl (C=O) groups is 1. The molecule has 3 heterocycles. The first-order chi connectivity index (χ1) is 19.9. The minimum absolute atomic E-state index is 0.272. The molecule has 0 fully saturated rings. The molecule has 0 saturated carbocycles. The zero-order valence-corrected chi connectivity index (χ0v) is 23.2. The van der Waals surface area contributed by atoms with E-state index in [1.807, 2.05) is 53.2 Å². The van der Waals surface area contributed by atoms with Gasteiger partial charge in [-0.3, -0.25) is 0 Å². The highest BCUT2D eigenvalue weighted by atomic mass is 16.4. The number of carboxylic acids is 1. The Balaban J connectivity index is 1.37. The summed E-state index contributed by atoms with van der Waals surface area (Å²) in [7, 11) is 2.06. The fraction of sp³-hybridized carbons (Fsp3) is 0.147. The Hall–Kier alpha value is -5.17. The number of fused-ring (bicyclic) bond motifs is 3. The molecule has 7 nitrogen and oxygen atoms in total. The van der Waals surface area contributed by atoms with Gasteiger partial charge in [0.1, 0.15) is 11.6 Å². The summed E-state index contributed by atoms with van der Waals surface area (Å²) in [5.41, 5.74) is 9.38. The minimum atomic E-state index is -0.942. The molecule has 0 spiro atoms. The number of para-hydroxylation sites is 3. The van der Waals surface area contributed by atoms with Crippen LogP contribution in [0, 0.1) is 6.92 Å². The van der Waals surface area contributed by atoms with Gasteiger partial charge in [0.2, 0.25) is 0 Å². The van der Waals surface area contributed by atoms with Crippen molar-refractivity contribution in [3.8, 4) is 17.1 Å². The highest BCUT2D eigenvalue weighted by Gasteiger charge is 2.18.